The zero-order valence-corrected chi connectivity index (χ0v) is 12.2. The van der Waals surface area contributed by atoms with Crippen molar-refractivity contribution in [3.8, 4) is 0 Å². The molecule has 5 nitrogen and oxygen atoms in total. The molecule has 1 rings (SSSR count). The van der Waals surface area contributed by atoms with Gasteiger partial charge in [0.25, 0.3) is 0 Å². The van der Waals surface area contributed by atoms with Gasteiger partial charge in [-0.25, -0.2) is 0 Å². The number of amides is 1. The molecule has 0 aliphatic heterocycles. The molecule has 0 radical (unpaired) electrons. The quantitative estimate of drug-likeness (QED) is 0.672. The summed E-state index contributed by atoms with van der Waals surface area (Å²) in [5.41, 5.74) is 5.97. The van der Waals surface area contributed by atoms with E-state index in [0.717, 1.165) is 12.8 Å². The Bertz CT molecular complexity index is 314. The number of nitrogens with two attached hydrogens (primary N) is 1. The Kier molecular flexibility index (Phi) is 6.28. The van der Waals surface area contributed by atoms with Crippen LogP contribution in [0.5, 0.6) is 0 Å². The molecule has 2 N–H and O–H groups in total. The van der Waals surface area contributed by atoms with Gasteiger partial charge in [-0.1, -0.05) is 13.8 Å². The first kappa shape index (κ1) is 16.0. The average molecular weight is 270 g/mol. The van der Waals surface area contributed by atoms with Gasteiger partial charge in [-0.05, 0) is 31.6 Å². The normalized spacial score (nSPS) is 16.3. The van der Waals surface area contributed by atoms with Crippen LogP contribution in [0.15, 0.2) is 0 Å². The first-order valence-electron chi connectivity index (χ1n) is 7.13. The van der Waals surface area contributed by atoms with Crippen molar-refractivity contribution in [1.82, 2.24) is 4.90 Å². The van der Waals surface area contributed by atoms with E-state index in [1.165, 1.54) is 0 Å². The number of rotatable bonds is 8. The molecule has 1 unspecified atom stereocenters. The van der Waals surface area contributed by atoms with Gasteiger partial charge in [0.05, 0.1) is 6.61 Å². The molecule has 110 valence electrons. The number of hydrogen-bond donors (Lipinski definition) is 1. The van der Waals surface area contributed by atoms with Crippen molar-refractivity contribution in [2.24, 2.45) is 17.6 Å². The minimum absolute atomic E-state index is 0.0300. The number of carbonyl (C=O) groups excluding carboxylic acids is 2. The molecule has 1 amide bonds. The maximum absolute atomic E-state index is 12.2. The zero-order valence-electron chi connectivity index (χ0n) is 12.2. The second-order valence-corrected chi connectivity index (χ2v) is 5.68. The van der Waals surface area contributed by atoms with Gasteiger partial charge in [-0.15, -0.1) is 0 Å². The highest BCUT2D eigenvalue weighted by atomic mass is 16.5. The fourth-order valence-corrected chi connectivity index (χ4v) is 2.08. The molecule has 0 heterocycles. The van der Waals surface area contributed by atoms with Crippen LogP contribution >= 0.6 is 0 Å². The van der Waals surface area contributed by atoms with Crippen molar-refractivity contribution in [2.75, 3.05) is 19.7 Å². The molecule has 1 aliphatic rings. The van der Waals surface area contributed by atoms with Crippen LogP contribution < -0.4 is 5.73 Å². The van der Waals surface area contributed by atoms with Crippen LogP contribution in [0, 0.1) is 11.8 Å². The zero-order chi connectivity index (χ0) is 14.4. The van der Waals surface area contributed by atoms with Gasteiger partial charge in [0, 0.05) is 19.0 Å². The first-order chi connectivity index (χ1) is 8.93. The van der Waals surface area contributed by atoms with Gasteiger partial charge in [0.15, 0.2) is 0 Å². The van der Waals surface area contributed by atoms with Gasteiger partial charge in [0.1, 0.15) is 6.54 Å². The summed E-state index contributed by atoms with van der Waals surface area (Å²) < 4.78 is 4.90. The third kappa shape index (κ3) is 6.05. The van der Waals surface area contributed by atoms with E-state index in [1.807, 2.05) is 13.8 Å². The summed E-state index contributed by atoms with van der Waals surface area (Å²) in [6, 6.07) is -0.0654. The Morgan fingerprint density at radius 3 is 2.47 bits per heavy atom. The second-order valence-electron chi connectivity index (χ2n) is 5.68. The molecule has 0 bridgehead atoms. The molecule has 1 fully saturated rings. The van der Waals surface area contributed by atoms with Crippen molar-refractivity contribution in [1.29, 1.82) is 0 Å². The molecule has 1 atom stereocenters. The van der Waals surface area contributed by atoms with Crippen LogP contribution in [0.2, 0.25) is 0 Å². The summed E-state index contributed by atoms with van der Waals surface area (Å²) in [4.78, 5) is 25.3. The number of carbonyl (C=O) groups is 2. The standard InChI is InChI=1S/C14H26N2O3/c1-4-19-14(18)9-16(8-10(2)3)13(17)7-12(15)11-5-6-11/h10-12H,4-9,15H2,1-3H3. The van der Waals surface area contributed by atoms with Crippen LogP contribution in [0.3, 0.4) is 0 Å². The Morgan fingerprint density at radius 1 is 1.37 bits per heavy atom. The third-order valence-corrected chi connectivity index (χ3v) is 3.20. The van der Waals surface area contributed by atoms with Gasteiger partial charge < -0.3 is 15.4 Å². The molecule has 5 heteroatoms. The van der Waals surface area contributed by atoms with E-state index in [-0.39, 0.29) is 24.5 Å². The Hall–Kier alpha value is -1.10. The monoisotopic (exact) mass is 270 g/mol. The molecule has 0 saturated heterocycles. The lowest BCUT2D eigenvalue weighted by Gasteiger charge is -2.25. The van der Waals surface area contributed by atoms with E-state index in [9.17, 15) is 9.59 Å². The van der Waals surface area contributed by atoms with E-state index >= 15 is 0 Å². The van der Waals surface area contributed by atoms with Gasteiger partial charge >= 0.3 is 5.97 Å². The van der Waals surface area contributed by atoms with Crippen molar-refractivity contribution < 1.29 is 14.3 Å². The Balaban J connectivity index is 2.50. The maximum Gasteiger partial charge on any atom is 0.325 e. The lowest BCUT2D eigenvalue weighted by atomic mass is 10.1. The Morgan fingerprint density at radius 2 is 2.00 bits per heavy atom. The highest BCUT2D eigenvalue weighted by Gasteiger charge is 2.31. The van der Waals surface area contributed by atoms with E-state index in [2.05, 4.69) is 0 Å². The summed E-state index contributed by atoms with van der Waals surface area (Å²) in [6.45, 7) is 6.73. The van der Waals surface area contributed by atoms with E-state index in [0.29, 0.717) is 31.4 Å². The summed E-state index contributed by atoms with van der Waals surface area (Å²) in [5, 5.41) is 0. The largest absolute Gasteiger partial charge is 0.465 e. The molecular formula is C14H26N2O3. The highest BCUT2D eigenvalue weighted by Crippen LogP contribution is 2.33. The maximum atomic E-state index is 12.2. The number of esters is 1. The van der Waals surface area contributed by atoms with Crippen LogP contribution in [0.1, 0.15) is 40.0 Å². The summed E-state index contributed by atoms with van der Waals surface area (Å²) in [7, 11) is 0. The molecule has 0 spiro atoms. The number of nitrogens with zero attached hydrogens (tertiary/aromatic N) is 1. The number of hydrogen-bond acceptors (Lipinski definition) is 4. The van der Waals surface area contributed by atoms with Crippen LogP contribution in [-0.4, -0.2) is 42.5 Å². The predicted octanol–water partition coefficient (Wildman–Crippen LogP) is 1.16. The molecule has 1 saturated carbocycles. The topological polar surface area (TPSA) is 72.6 Å². The fourth-order valence-electron chi connectivity index (χ4n) is 2.08. The third-order valence-electron chi connectivity index (χ3n) is 3.20. The first-order valence-corrected chi connectivity index (χ1v) is 7.13. The minimum atomic E-state index is -0.350. The van der Waals surface area contributed by atoms with E-state index in [1.54, 1.807) is 11.8 Å². The smallest absolute Gasteiger partial charge is 0.325 e. The summed E-state index contributed by atoms with van der Waals surface area (Å²) in [6.07, 6.45) is 2.57. The predicted molar refractivity (Wildman–Crippen MR) is 73.4 cm³/mol. The molecule has 0 aromatic rings. The van der Waals surface area contributed by atoms with Gasteiger partial charge in [0.2, 0.25) is 5.91 Å². The molecule has 19 heavy (non-hydrogen) atoms. The SMILES string of the molecule is CCOC(=O)CN(CC(C)C)C(=O)CC(N)C1CC1. The second kappa shape index (κ2) is 7.48. The highest BCUT2D eigenvalue weighted by molar-refractivity contribution is 5.82. The van der Waals surface area contributed by atoms with E-state index in [4.69, 9.17) is 10.5 Å². The average Bonchev–Trinajstić information content (AvgIpc) is 3.11. The van der Waals surface area contributed by atoms with Crippen LogP contribution in [-0.2, 0) is 14.3 Å². The summed E-state index contributed by atoms with van der Waals surface area (Å²) in [5.74, 6) is 0.417. The van der Waals surface area contributed by atoms with Crippen molar-refractivity contribution in [3.05, 3.63) is 0 Å². The van der Waals surface area contributed by atoms with Crippen molar-refractivity contribution >= 4 is 11.9 Å². The number of ether oxygens (including phenoxy) is 1. The van der Waals surface area contributed by atoms with Crippen LogP contribution in [0.25, 0.3) is 0 Å². The van der Waals surface area contributed by atoms with Crippen LogP contribution in [0.4, 0.5) is 0 Å². The summed E-state index contributed by atoms with van der Waals surface area (Å²) >= 11 is 0. The minimum Gasteiger partial charge on any atom is -0.465 e. The molecule has 0 aromatic heterocycles. The molecule has 1 aliphatic carbocycles. The lowest BCUT2D eigenvalue weighted by Crippen LogP contribution is -2.41. The van der Waals surface area contributed by atoms with E-state index < -0.39 is 0 Å². The fraction of sp³-hybridized carbons (Fsp3) is 0.857. The lowest BCUT2D eigenvalue weighted by molar-refractivity contribution is -0.149. The van der Waals surface area contributed by atoms with Gasteiger partial charge in [-0.3, -0.25) is 9.59 Å². The molecular weight excluding hydrogens is 244 g/mol. The molecule has 0 aromatic carbocycles. The Labute approximate surface area is 115 Å². The van der Waals surface area contributed by atoms with Crippen molar-refractivity contribution in [2.45, 2.75) is 46.1 Å². The van der Waals surface area contributed by atoms with Crippen molar-refractivity contribution in [3.63, 3.8) is 0 Å². The van der Waals surface area contributed by atoms with Gasteiger partial charge in [-0.2, -0.15) is 0 Å².